The fourth-order valence-electron chi connectivity index (χ4n) is 5.88. The van der Waals surface area contributed by atoms with Gasteiger partial charge in [-0.15, -0.1) is 0 Å². The number of phenols is 1. The van der Waals surface area contributed by atoms with E-state index in [1.54, 1.807) is 12.1 Å². The van der Waals surface area contributed by atoms with Crippen molar-refractivity contribution >= 4 is 11.5 Å². The molecule has 0 aliphatic carbocycles. The molecule has 3 nitrogen and oxygen atoms in total. The highest BCUT2D eigenvalue weighted by Gasteiger charge is 2.35. The number of rotatable bonds is 13. The predicted molar refractivity (Wildman–Crippen MR) is 196 cm³/mol. The van der Waals surface area contributed by atoms with Gasteiger partial charge in [0.15, 0.2) is 0 Å². The van der Waals surface area contributed by atoms with Gasteiger partial charge in [-0.1, -0.05) is 139 Å². The number of carbonyl (C=O) groups excluding carboxylic acids is 1. The van der Waals surface area contributed by atoms with Crippen LogP contribution in [-0.2, 0) is 26.5 Å². The van der Waals surface area contributed by atoms with Crippen molar-refractivity contribution in [3.63, 3.8) is 0 Å². The Morgan fingerprint density at radius 1 is 0.696 bits per heavy atom. The Morgan fingerprint density at radius 3 is 1.61 bits per heavy atom. The molecule has 0 bridgehead atoms. The molecule has 0 saturated carbocycles. The van der Waals surface area contributed by atoms with Gasteiger partial charge in [0.25, 0.3) is 0 Å². The molecule has 1 N–H and O–H groups in total. The molecule has 0 aliphatic rings. The lowest BCUT2D eigenvalue weighted by Gasteiger charge is -2.35. The Kier molecular flexibility index (Phi) is 11.1. The minimum Gasteiger partial charge on any atom is -0.507 e. The molecule has 0 heterocycles. The number of carbonyl (C=O) groups is 1. The summed E-state index contributed by atoms with van der Waals surface area (Å²) in [4.78, 5) is 13.9. The van der Waals surface area contributed by atoms with Gasteiger partial charge in [0.1, 0.15) is 11.5 Å². The van der Waals surface area contributed by atoms with Crippen LogP contribution in [0.4, 0.5) is 0 Å². The van der Waals surface area contributed by atoms with Crippen LogP contribution in [0.15, 0.2) is 61.2 Å². The zero-order chi connectivity index (χ0) is 34.8. The van der Waals surface area contributed by atoms with Crippen LogP contribution < -0.4 is 4.74 Å². The molecule has 3 rings (SSSR count). The normalized spacial score (nSPS) is 13.4. The lowest BCUT2D eigenvalue weighted by Crippen LogP contribution is -2.25. The molecule has 3 aromatic rings. The topological polar surface area (TPSA) is 46.5 Å². The maximum atomic E-state index is 13.9. The van der Waals surface area contributed by atoms with Crippen molar-refractivity contribution in [2.24, 2.45) is 0 Å². The summed E-state index contributed by atoms with van der Waals surface area (Å²) >= 11 is 0. The standard InChI is InChI=1S/C43H60O3/c1-15-40(7,8)30-24-33(28(5)34-25-31(41(9,10)16-2)27-36(38(34)44)43(13,14)18-4)37(35(26-30)42(11,12)17-3)29(6)39(45)46-32-22-20-19-21-23-32/h19-28,44H,6,15-18H2,1-5,7-14H3. The van der Waals surface area contributed by atoms with Gasteiger partial charge in [-0.05, 0) is 87.3 Å². The predicted octanol–water partition coefficient (Wildman–Crippen LogP) is 11.9. The summed E-state index contributed by atoms with van der Waals surface area (Å²) in [6, 6.07) is 18.2. The average Bonchev–Trinajstić information content (AvgIpc) is 3.03. The van der Waals surface area contributed by atoms with Gasteiger partial charge in [0.05, 0.1) is 5.57 Å². The van der Waals surface area contributed by atoms with E-state index in [4.69, 9.17) is 4.74 Å². The van der Waals surface area contributed by atoms with Crippen molar-refractivity contribution in [3.8, 4) is 11.5 Å². The molecule has 0 aliphatic heterocycles. The Balaban J connectivity index is 2.47. The molecule has 3 heteroatoms. The molecule has 0 saturated heterocycles. The first kappa shape index (κ1) is 37.1. The quantitative estimate of drug-likeness (QED) is 0.117. The number of benzene rings is 3. The van der Waals surface area contributed by atoms with E-state index in [1.807, 2.05) is 18.2 Å². The van der Waals surface area contributed by atoms with Crippen LogP contribution in [0.25, 0.3) is 5.57 Å². The summed E-state index contributed by atoms with van der Waals surface area (Å²) in [5.41, 5.74) is 6.90. The number of esters is 1. The first-order valence-electron chi connectivity index (χ1n) is 17.3. The third-order valence-electron chi connectivity index (χ3n) is 11.3. The van der Waals surface area contributed by atoms with E-state index >= 15 is 0 Å². The molecule has 46 heavy (non-hydrogen) atoms. The first-order chi connectivity index (χ1) is 21.3. The lowest BCUT2D eigenvalue weighted by atomic mass is 9.69. The summed E-state index contributed by atoms with van der Waals surface area (Å²) < 4.78 is 5.88. The molecule has 3 aromatic carbocycles. The van der Waals surface area contributed by atoms with E-state index in [0.717, 1.165) is 53.5 Å². The molecular formula is C43H60O3. The summed E-state index contributed by atoms with van der Waals surface area (Å²) in [5, 5.41) is 12.1. The van der Waals surface area contributed by atoms with Crippen LogP contribution in [-0.4, -0.2) is 11.1 Å². The largest absolute Gasteiger partial charge is 0.507 e. The lowest BCUT2D eigenvalue weighted by molar-refractivity contribution is -0.127. The number of hydrogen-bond donors (Lipinski definition) is 1. The number of ether oxygens (including phenoxy) is 1. The highest BCUT2D eigenvalue weighted by molar-refractivity contribution is 6.17. The third-order valence-corrected chi connectivity index (χ3v) is 11.3. The summed E-state index contributed by atoms with van der Waals surface area (Å²) in [5.74, 6) is 0.138. The van der Waals surface area contributed by atoms with Gasteiger partial charge in [0.2, 0.25) is 0 Å². The number of hydrogen-bond acceptors (Lipinski definition) is 3. The van der Waals surface area contributed by atoms with Crippen molar-refractivity contribution in [2.75, 3.05) is 0 Å². The van der Waals surface area contributed by atoms with Gasteiger partial charge >= 0.3 is 5.97 Å². The van der Waals surface area contributed by atoms with Gasteiger partial charge in [-0.3, -0.25) is 0 Å². The third kappa shape index (κ3) is 7.45. The zero-order valence-corrected chi connectivity index (χ0v) is 31.1. The van der Waals surface area contributed by atoms with Crippen molar-refractivity contribution < 1.29 is 14.6 Å². The molecule has 1 unspecified atom stereocenters. The first-order valence-corrected chi connectivity index (χ1v) is 17.3. The molecule has 0 radical (unpaired) electrons. The van der Waals surface area contributed by atoms with Crippen molar-refractivity contribution in [3.05, 3.63) is 100 Å². The van der Waals surface area contributed by atoms with E-state index in [1.165, 1.54) is 11.1 Å². The molecular weight excluding hydrogens is 564 g/mol. The van der Waals surface area contributed by atoms with Crippen LogP contribution in [0, 0.1) is 0 Å². The van der Waals surface area contributed by atoms with E-state index < -0.39 is 5.97 Å². The Bertz CT molecular complexity index is 1550. The van der Waals surface area contributed by atoms with Crippen LogP contribution in [0.2, 0.25) is 0 Å². The zero-order valence-electron chi connectivity index (χ0n) is 31.1. The smallest absolute Gasteiger partial charge is 0.343 e. The van der Waals surface area contributed by atoms with E-state index in [-0.39, 0.29) is 27.6 Å². The van der Waals surface area contributed by atoms with Gasteiger partial charge in [-0.25, -0.2) is 4.79 Å². The number of para-hydroxylation sites is 1. The van der Waals surface area contributed by atoms with Gasteiger partial charge < -0.3 is 9.84 Å². The monoisotopic (exact) mass is 624 g/mol. The molecule has 0 amide bonds. The Hall–Kier alpha value is -3.33. The van der Waals surface area contributed by atoms with Crippen molar-refractivity contribution in [1.29, 1.82) is 0 Å². The molecule has 0 fully saturated rings. The molecule has 250 valence electrons. The summed E-state index contributed by atoms with van der Waals surface area (Å²) in [6.07, 6.45) is 3.71. The maximum Gasteiger partial charge on any atom is 0.343 e. The van der Waals surface area contributed by atoms with Crippen LogP contribution in [0.1, 0.15) is 161 Å². The van der Waals surface area contributed by atoms with E-state index in [9.17, 15) is 9.90 Å². The SMILES string of the molecule is C=C(C(=O)Oc1ccccc1)c1c(C(C)c2cc(C(C)(C)CC)cc(C(C)(C)CC)c2O)cc(C(C)(C)CC)cc1C(C)(C)CC. The average molecular weight is 625 g/mol. The highest BCUT2D eigenvalue weighted by atomic mass is 16.5. The van der Waals surface area contributed by atoms with Gasteiger partial charge in [0, 0.05) is 17.0 Å². The van der Waals surface area contributed by atoms with E-state index in [0.29, 0.717) is 17.1 Å². The van der Waals surface area contributed by atoms with Crippen molar-refractivity contribution in [2.45, 2.75) is 143 Å². The van der Waals surface area contributed by atoms with Crippen LogP contribution in [0.3, 0.4) is 0 Å². The second-order valence-electron chi connectivity index (χ2n) is 15.8. The fraction of sp³-hybridized carbons (Fsp3) is 0.512. The number of phenolic OH excluding ortho intramolecular Hbond substituents is 1. The second-order valence-corrected chi connectivity index (χ2v) is 15.8. The molecule has 0 aromatic heterocycles. The summed E-state index contributed by atoms with van der Waals surface area (Å²) in [7, 11) is 0. The summed E-state index contributed by atoms with van der Waals surface area (Å²) in [6.45, 7) is 33.4. The van der Waals surface area contributed by atoms with Gasteiger partial charge in [-0.2, -0.15) is 0 Å². The van der Waals surface area contributed by atoms with Crippen LogP contribution >= 0.6 is 0 Å². The maximum absolute atomic E-state index is 13.9. The van der Waals surface area contributed by atoms with Crippen molar-refractivity contribution in [1.82, 2.24) is 0 Å². The van der Waals surface area contributed by atoms with Crippen LogP contribution in [0.5, 0.6) is 11.5 Å². The Morgan fingerprint density at radius 2 is 1.13 bits per heavy atom. The highest BCUT2D eigenvalue weighted by Crippen LogP contribution is 2.47. The van der Waals surface area contributed by atoms with E-state index in [2.05, 4.69) is 121 Å². The number of aromatic hydroxyl groups is 1. The molecule has 1 atom stereocenters. The minimum atomic E-state index is -0.465. The second kappa shape index (κ2) is 13.8. The Labute approximate surface area is 280 Å². The minimum absolute atomic E-state index is 0.0753. The molecule has 0 spiro atoms. The fourth-order valence-corrected chi connectivity index (χ4v) is 5.88.